The van der Waals surface area contributed by atoms with E-state index in [2.05, 4.69) is 48.8 Å². The van der Waals surface area contributed by atoms with E-state index >= 15 is 0 Å². The van der Waals surface area contributed by atoms with E-state index < -0.39 is 148 Å². The predicted octanol–water partition coefficient (Wildman–Crippen LogP) is 12.3. The van der Waals surface area contributed by atoms with Crippen molar-refractivity contribution in [1.82, 2.24) is 10.6 Å². The number of hydrogen-bond donors (Lipinski definition) is 14. The van der Waals surface area contributed by atoms with Gasteiger partial charge in [0.2, 0.25) is 11.8 Å². The van der Waals surface area contributed by atoms with Crippen LogP contribution in [0.3, 0.4) is 0 Å². The fraction of sp³-hybridized carbons (Fsp3) is 0.916. The molecule has 0 aromatic heterocycles. The van der Waals surface area contributed by atoms with E-state index in [1.54, 1.807) is 0 Å². The van der Waals surface area contributed by atoms with Crippen molar-refractivity contribution in [3.05, 3.63) is 24.3 Å². The first-order valence-electron chi connectivity index (χ1n) is 42.7. The summed E-state index contributed by atoms with van der Waals surface area (Å²) in [5, 5.41) is 137. The van der Waals surface area contributed by atoms with Crippen molar-refractivity contribution in [1.29, 1.82) is 0 Å². The highest BCUT2D eigenvalue weighted by Crippen LogP contribution is 2.39. The van der Waals surface area contributed by atoms with Crippen molar-refractivity contribution >= 4 is 17.8 Å². The van der Waals surface area contributed by atoms with E-state index in [-0.39, 0.29) is 18.9 Å². The first-order chi connectivity index (χ1) is 51.4. The Balaban J connectivity index is 1.49. The van der Waals surface area contributed by atoms with Gasteiger partial charge in [0.1, 0.15) is 67.1 Å². The lowest BCUT2D eigenvalue weighted by molar-refractivity contribution is -0.386. The van der Waals surface area contributed by atoms with Crippen LogP contribution < -0.4 is 10.6 Å². The molecule has 0 aromatic rings. The second-order valence-corrected chi connectivity index (χ2v) is 31.0. The Morgan fingerprint density at radius 1 is 0.491 bits per heavy atom. The van der Waals surface area contributed by atoms with Gasteiger partial charge in [0.15, 0.2) is 12.6 Å². The molecule has 3 heterocycles. The molecule has 622 valence electrons. The molecule has 14 N–H and O–H groups in total. The van der Waals surface area contributed by atoms with Gasteiger partial charge in [0.05, 0.1) is 50.7 Å². The first-order valence-corrected chi connectivity index (χ1v) is 42.7. The maximum absolute atomic E-state index is 13.6. The zero-order valence-corrected chi connectivity index (χ0v) is 66.1. The summed E-state index contributed by atoms with van der Waals surface area (Å²) in [7, 11) is 0. The minimum atomic E-state index is -3.08. The molecular weight excluding hydrogens is 1360 g/mol. The van der Waals surface area contributed by atoms with Crippen LogP contribution in [0.25, 0.3) is 0 Å². The zero-order chi connectivity index (χ0) is 77.4. The van der Waals surface area contributed by atoms with Crippen molar-refractivity contribution in [2.75, 3.05) is 26.4 Å². The Bertz CT molecular complexity index is 2200. The van der Waals surface area contributed by atoms with Crippen molar-refractivity contribution in [2.24, 2.45) is 0 Å². The molecule has 3 aliphatic rings. The summed E-state index contributed by atoms with van der Waals surface area (Å²) in [6.45, 7) is 2.26. The largest absolute Gasteiger partial charge is 0.477 e. The van der Waals surface area contributed by atoms with Crippen molar-refractivity contribution in [3.8, 4) is 0 Å². The van der Waals surface area contributed by atoms with Crippen LogP contribution in [0, 0.1) is 0 Å². The number of rotatable bonds is 68. The third kappa shape index (κ3) is 41.1. The van der Waals surface area contributed by atoms with Gasteiger partial charge in [-0.25, -0.2) is 4.79 Å². The van der Waals surface area contributed by atoms with Gasteiger partial charge < -0.3 is 100 Å². The Morgan fingerprint density at radius 2 is 0.906 bits per heavy atom. The molecule has 2 amide bonds. The summed E-state index contributed by atoms with van der Waals surface area (Å²) in [4.78, 5) is 38.8. The van der Waals surface area contributed by atoms with Crippen LogP contribution in [0.2, 0.25) is 0 Å². The molecule has 3 rings (SSSR count). The Kier molecular flexibility index (Phi) is 56.7. The molecule has 3 fully saturated rings. The van der Waals surface area contributed by atoms with Crippen molar-refractivity contribution in [2.45, 2.75) is 458 Å². The van der Waals surface area contributed by atoms with Gasteiger partial charge in [-0.2, -0.15) is 0 Å². The summed E-state index contributed by atoms with van der Waals surface area (Å²) in [6, 6.07) is -2.53. The number of allylic oxidation sites excluding steroid dienone is 4. The molecule has 0 aliphatic carbocycles. The molecule has 3 saturated heterocycles. The minimum Gasteiger partial charge on any atom is -0.477 e. The highest BCUT2D eigenvalue weighted by molar-refractivity contribution is 5.77. The third-order valence-electron chi connectivity index (χ3n) is 21.7. The lowest BCUT2D eigenvalue weighted by Gasteiger charge is -2.50. The van der Waals surface area contributed by atoms with Gasteiger partial charge >= 0.3 is 5.97 Å². The summed E-state index contributed by atoms with van der Waals surface area (Å²) >= 11 is 0. The molecule has 0 radical (unpaired) electrons. The normalized spacial score (nSPS) is 26.2. The van der Waals surface area contributed by atoms with Gasteiger partial charge in [0, 0.05) is 19.8 Å². The molecule has 106 heavy (non-hydrogen) atoms. The smallest absolute Gasteiger partial charge is 0.364 e. The number of carbonyl (C=O) groups is 3. The van der Waals surface area contributed by atoms with E-state index in [1.807, 2.05) is 0 Å². The topological polar surface area (TPSA) is 373 Å². The number of hydrogen-bond acceptors (Lipinski definition) is 20. The molecular formula is C83H154N2O21. The average Bonchev–Trinajstić information content (AvgIpc) is 0.755. The fourth-order valence-electron chi connectivity index (χ4n) is 14.9. The molecule has 0 saturated carbocycles. The maximum Gasteiger partial charge on any atom is 0.364 e. The quantitative estimate of drug-likeness (QED) is 0.0199. The Labute approximate surface area is 638 Å². The number of amides is 2. The number of nitrogens with one attached hydrogen (secondary N) is 2. The van der Waals surface area contributed by atoms with Crippen molar-refractivity contribution < 1.29 is 104 Å². The van der Waals surface area contributed by atoms with Gasteiger partial charge in [-0.15, -0.1) is 0 Å². The first kappa shape index (κ1) is 97.4. The number of unbranched alkanes of at least 4 members (excludes halogenated alkanes) is 44. The van der Waals surface area contributed by atoms with E-state index in [0.717, 1.165) is 71.1 Å². The summed E-state index contributed by atoms with van der Waals surface area (Å²) in [6.07, 6.45) is 40.2. The number of ether oxygens (including phenoxy) is 6. The molecule has 18 atom stereocenters. The number of aliphatic hydroxyl groups is 11. The van der Waals surface area contributed by atoms with Crippen molar-refractivity contribution in [3.63, 3.8) is 0 Å². The van der Waals surface area contributed by atoms with Crippen LogP contribution in [0.1, 0.15) is 348 Å². The monoisotopic (exact) mass is 1520 g/mol. The van der Waals surface area contributed by atoms with E-state index in [1.165, 1.54) is 231 Å². The average molecular weight is 1520 g/mol. The van der Waals surface area contributed by atoms with Crippen LogP contribution in [-0.4, -0.2) is 215 Å². The number of aliphatic hydroxyl groups excluding tert-OH is 11. The number of carbonyl (C=O) groups excluding carboxylic acids is 2. The molecule has 0 aromatic carbocycles. The molecule has 23 nitrogen and oxygen atoms in total. The number of carboxylic acid groups (broad SMARTS) is 1. The Hall–Kier alpha value is -2.79. The van der Waals surface area contributed by atoms with Gasteiger partial charge in [0.25, 0.3) is 5.79 Å². The Morgan fingerprint density at radius 3 is 1.32 bits per heavy atom. The summed E-state index contributed by atoms with van der Waals surface area (Å²) < 4.78 is 35.0. The predicted molar refractivity (Wildman–Crippen MR) is 412 cm³/mol. The summed E-state index contributed by atoms with van der Waals surface area (Å²) in [5.74, 6) is -6.10. The SMILES string of the molecule is CCCCCCCCCCC/C=C\C/C=C\CCCCCCCCCCCCCC(=O)NC(COC1OC(CO)C(OC2OC(CO)C(O)C(OC3(C(=O)O)CC(O)C(NC(C)=O)C(C(O)C(O)CO)O3)C2O)C(O)C1O)C(O)CCCCCCCCCCCCCCCCCCCCCCCCCCC. The van der Waals surface area contributed by atoms with Crippen LogP contribution in [0.15, 0.2) is 24.3 Å². The minimum absolute atomic E-state index is 0.222. The second-order valence-electron chi connectivity index (χ2n) is 31.0. The lowest BCUT2D eigenvalue weighted by Crippen LogP contribution is -2.70. The van der Waals surface area contributed by atoms with Gasteiger partial charge in [-0.1, -0.05) is 308 Å². The van der Waals surface area contributed by atoms with Crippen LogP contribution in [0.5, 0.6) is 0 Å². The van der Waals surface area contributed by atoms with Crippen LogP contribution >= 0.6 is 0 Å². The second kappa shape index (κ2) is 61.8. The zero-order valence-electron chi connectivity index (χ0n) is 66.1. The molecule has 0 bridgehead atoms. The fourth-order valence-corrected chi connectivity index (χ4v) is 14.9. The molecule has 0 spiro atoms. The number of aliphatic carboxylic acids is 1. The molecule has 18 unspecified atom stereocenters. The standard InChI is InChI=1S/C83H154N2O21/c1-4-6-8-10-12-14-16-18-20-22-24-26-28-30-31-33-35-37-39-41-43-45-47-49-51-53-55-57-70(93)85-64(65(90)56-54-52-50-48-46-44-42-40-38-36-34-32-29-27-25-23-21-19-17-15-13-11-9-7-5-2)62-101-80-75(97)74(96)77(69(61-88)103-80)104-81-76(98)79(73(95)68(60-87)102-81)106-83(82(99)100)58-66(91)71(84-63(3)89)78(105-83)72(94)67(92)59-86/h24,26,30-31,64-69,71-81,86-88,90-92,94-98H,4-23,25,27-29,32-62H2,1-3H3,(H,84,89)(H,85,93)(H,99,100)/b26-24-,31-30-. The number of carboxylic acids is 1. The van der Waals surface area contributed by atoms with E-state index in [4.69, 9.17) is 28.4 Å². The highest BCUT2D eigenvalue weighted by Gasteiger charge is 2.60. The van der Waals surface area contributed by atoms with Crippen LogP contribution in [0.4, 0.5) is 0 Å². The maximum atomic E-state index is 13.6. The third-order valence-corrected chi connectivity index (χ3v) is 21.7. The van der Waals surface area contributed by atoms with Crippen LogP contribution in [-0.2, 0) is 42.8 Å². The van der Waals surface area contributed by atoms with Gasteiger partial charge in [-0.3, -0.25) is 9.59 Å². The van der Waals surface area contributed by atoms with E-state index in [0.29, 0.717) is 19.3 Å². The lowest BCUT2D eigenvalue weighted by atomic mass is 9.88. The highest BCUT2D eigenvalue weighted by atomic mass is 16.8. The summed E-state index contributed by atoms with van der Waals surface area (Å²) in [5.41, 5.74) is 0. The molecule has 3 aliphatic heterocycles. The van der Waals surface area contributed by atoms with E-state index in [9.17, 15) is 75.7 Å². The van der Waals surface area contributed by atoms with Gasteiger partial charge in [-0.05, 0) is 44.9 Å². The molecule has 23 heteroatoms.